The van der Waals surface area contributed by atoms with Crippen molar-refractivity contribution in [2.75, 3.05) is 39.5 Å². The lowest BCUT2D eigenvalue weighted by molar-refractivity contribution is -0.0750. The lowest BCUT2D eigenvalue weighted by Crippen LogP contribution is -2.41. The number of rotatable bonds is 4. The maximum atomic E-state index is 5.62. The number of morpholine rings is 1. The van der Waals surface area contributed by atoms with Crippen LogP contribution in [0.5, 0.6) is 0 Å². The van der Waals surface area contributed by atoms with Crippen LogP contribution < -0.4 is 5.32 Å². The van der Waals surface area contributed by atoms with E-state index in [1.54, 1.807) is 0 Å². The first kappa shape index (κ1) is 11.3. The molecule has 4 heteroatoms. The van der Waals surface area contributed by atoms with Crippen LogP contribution in [0.2, 0.25) is 0 Å². The fourth-order valence-corrected chi connectivity index (χ4v) is 2.00. The van der Waals surface area contributed by atoms with Gasteiger partial charge in [-0.15, -0.1) is 0 Å². The quantitative estimate of drug-likeness (QED) is 0.744. The molecule has 0 radical (unpaired) electrons. The lowest BCUT2D eigenvalue weighted by atomic mass is 10.1. The number of ether oxygens (including phenoxy) is 3. The maximum absolute atomic E-state index is 5.62. The van der Waals surface area contributed by atoms with Gasteiger partial charge in [-0.05, 0) is 19.3 Å². The molecule has 0 amide bonds. The third-order valence-corrected chi connectivity index (χ3v) is 2.89. The van der Waals surface area contributed by atoms with Gasteiger partial charge in [-0.2, -0.15) is 0 Å². The summed E-state index contributed by atoms with van der Waals surface area (Å²) in [5, 5.41) is 3.29. The van der Waals surface area contributed by atoms with Crippen molar-refractivity contribution in [2.45, 2.75) is 31.5 Å². The van der Waals surface area contributed by atoms with E-state index in [0.29, 0.717) is 12.7 Å². The van der Waals surface area contributed by atoms with Gasteiger partial charge in [0.15, 0.2) is 0 Å². The fourth-order valence-electron chi connectivity index (χ4n) is 2.00. The second-order valence-electron chi connectivity index (χ2n) is 4.22. The van der Waals surface area contributed by atoms with Gasteiger partial charge >= 0.3 is 0 Å². The van der Waals surface area contributed by atoms with E-state index in [4.69, 9.17) is 14.2 Å². The fraction of sp³-hybridized carbons (Fsp3) is 1.00. The van der Waals surface area contributed by atoms with Crippen LogP contribution in [0.4, 0.5) is 0 Å². The van der Waals surface area contributed by atoms with E-state index in [0.717, 1.165) is 39.3 Å². The van der Waals surface area contributed by atoms with Crippen LogP contribution in [0, 0.1) is 0 Å². The zero-order valence-corrected chi connectivity index (χ0v) is 9.24. The highest BCUT2D eigenvalue weighted by molar-refractivity contribution is 4.67. The summed E-state index contributed by atoms with van der Waals surface area (Å²) < 4.78 is 16.7. The molecule has 2 aliphatic heterocycles. The summed E-state index contributed by atoms with van der Waals surface area (Å²) in [5.41, 5.74) is 0. The van der Waals surface area contributed by atoms with Crippen LogP contribution in [-0.4, -0.2) is 51.7 Å². The minimum absolute atomic E-state index is 0.224. The standard InChI is InChI=1S/C11H21NO3/c1-2-5-14-10(3-1)8-13-9-11-7-12-4-6-15-11/h10-12H,1-9H2. The van der Waals surface area contributed by atoms with Gasteiger partial charge in [-0.1, -0.05) is 0 Å². The van der Waals surface area contributed by atoms with E-state index < -0.39 is 0 Å². The van der Waals surface area contributed by atoms with Gasteiger partial charge < -0.3 is 19.5 Å². The van der Waals surface area contributed by atoms with Gasteiger partial charge in [0, 0.05) is 19.7 Å². The van der Waals surface area contributed by atoms with Crippen molar-refractivity contribution in [1.82, 2.24) is 5.32 Å². The van der Waals surface area contributed by atoms with E-state index in [-0.39, 0.29) is 6.10 Å². The van der Waals surface area contributed by atoms with Gasteiger partial charge in [0.05, 0.1) is 32.0 Å². The molecule has 15 heavy (non-hydrogen) atoms. The highest BCUT2D eigenvalue weighted by Crippen LogP contribution is 2.12. The molecule has 2 heterocycles. The van der Waals surface area contributed by atoms with Crippen LogP contribution in [-0.2, 0) is 14.2 Å². The minimum Gasteiger partial charge on any atom is -0.376 e. The smallest absolute Gasteiger partial charge is 0.0933 e. The molecule has 1 N–H and O–H groups in total. The number of nitrogens with one attached hydrogen (secondary N) is 1. The minimum atomic E-state index is 0.224. The molecular formula is C11H21NO3. The van der Waals surface area contributed by atoms with Crippen LogP contribution in [0.15, 0.2) is 0 Å². The number of hydrogen-bond acceptors (Lipinski definition) is 4. The van der Waals surface area contributed by atoms with E-state index in [1.165, 1.54) is 12.8 Å². The van der Waals surface area contributed by atoms with Crippen LogP contribution in [0.1, 0.15) is 19.3 Å². The third-order valence-electron chi connectivity index (χ3n) is 2.89. The van der Waals surface area contributed by atoms with E-state index in [2.05, 4.69) is 5.32 Å². The van der Waals surface area contributed by atoms with Crippen LogP contribution in [0.25, 0.3) is 0 Å². The Morgan fingerprint density at radius 2 is 1.93 bits per heavy atom. The zero-order valence-electron chi connectivity index (χ0n) is 9.24. The molecule has 0 saturated carbocycles. The van der Waals surface area contributed by atoms with Crippen molar-refractivity contribution in [1.29, 1.82) is 0 Å². The molecule has 2 aliphatic rings. The summed E-state index contributed by atoms with van der Waals surface area (Å²) in [4.78, 5) is 0. The highest BCUT2D eigenvalue weighted by Gasteiger charge is 2.16. The average molecular weight is 215 g/mol. The van der Waals surface area contributed by atoms with Crippen molar-refractivity contribution in [3.05, 3.63) is 0 Å². The maximum Gasteiger partial charge on any atom is 0.0933 e. The Kier molecular flexibility index (Phi) is 4.86. The SMILES string of the molecule is C1CCC(COCC2CNCCO2)OC1. The summed E-state index contributed by atoms with van der Waals surface area (Å²) in [6.07, 6.45) is 4.16. The Morgan fingerprint density at radius 3 is 2.67 bits per heavy atom. The van der Waals surface area contributed by atoms with E-state index >= 15 is 0 Å². The molecule has 0 aromatic rings. The molecule has 88 valence electrons. The van der Waals surface area contributed by atoms with E-state index in [1.807, 2.05) is 0 Å². The molecule has 2 rings (SSSR count). The van der Waals surface area contributed by atoms with Crippen molar-refractivity contribution in [3.8, 4) is 0 Å². The molecular weight excluding hydrogens is 194 g/mol. The Hall–Kier alpha value is -0.160. The average Bonchev–Trinajstić information content (AvgIpc) is 2.32. The first-order valence-electron chi connectivity index (χ1n) is 5.97. The molecule has 2 saturated heterocycles. The molecule has 0 aromatic heterocycles. The van der Waals surface area contributed by atoms with Crippen molar-refractivity contribution < 1.29 is 14.2 Å². The van der Waals surface area contributed by atoms with Gasteiger partial charge in [0.2, 0.25) is 0 Å². The summed E-state index contributed by atoms with van der Waals surface area (Å²) in [7, 11) is 0. The first-order valence-corrected chi connectivity index (χ1v) is 5.97. The second kappa shape index (κ2) is 6.43. The molecule has 0 bridgehead atoms. The summed E-state index contributed by atoms with van der Waals surface area (Å²) >= 11 is 0. The van der Waals surface area contributed by atoms with Gasteiger partial charge in [-0.25, -0.2) is 0 Å². The van der Waals surface area contributed by atoms with Crippen molar-refractivity contribution >= 4 is 0 Å². The molecule has 2 fully saturated rings. The van der Waals surface area contributed by atoms with Crippen LogP contribution >= 0.6 is 0 Å². The van der Waals surface area contributed by atoms with Gasteiger partial charge in [0.25, 0.3) is 0 Å². The Labute approximate surface area is 91.3 Å². The van der Waals surface area contributed by atoms with Crippen molar-refractivity contribution in [3.63, 3.8) is 0 Å². The molecule has 2 atom stereocenters. The molecule has 0 spiro atoms. The third kappa shape index (κ3) is 4.07. The second-order valence-corrected chi connectivity index (χ2v) is 4.22. The van der Waals surface area contributed by atoms with Gasteiger partial charge in [0.1, 0.15) is 0 Å². The summed E-state index contributed by atoms with van der Waals surface area (Å²) in [6, 6.07) is 0. The van der Waals surface area contributed by atoms with E-state index in [9.17, 15) is 0 Å². The lowest BCUT2D eigenvalue weighted by Gasteiger charge is -2.26. The van der Waals surface area contributed by atoms with Crippen molar-refractivity contribution in [2.24, 2.45) is 0 Å². The predicted octanol–water partition coefficient (Wildman–Crippen LogP) is 0.560. The largest absolute Gasteiger partial charge is 0.376 e. The molecule has 4 nitrogen and oxygen atoms in total. The Bertz CT molecular complexity index is 147. The first-order chi connectivity index (χ1) is 7.45. The van der Waals surface area contributed by atoms with Crippen LogP contribution in [0.3, 0.4) is 0 Å². The summed E-state index contributed by atoms with van der Waals surface area (Å²) in [6.45, 7) is 4.98. The molecule has 0 aliphatic carbocycles. The highest BCUT2D eigenvalue weighted by atomic mass is 16.6. The Balaban J connectivity index is 1.53. The number of hydrogen-bond donors (Lipinski definition) is 1. The zero-order chi connectivity index (χ0) is 10.3. The molecule has 2 unspecified atom stereocenters. The van der Waals surface area contributed by atoms with Gasteiger partial charge in [-0.3, -0.25) is 0 Å². The summed E-state index contributed by atoms with van der Waals surface area (Å²) in [5.74, 6) is 0. The molecule has 0 aromatic carbocycles. The Morgan fingerprint density at radius 1 is 1.07 bits per heavy atom. The normalized spacial score (nSPS) is 32.8. The topological polar surface area (TPSA) is 39.7 Å². The monoisotopic (exact) mass is 215 g/mol. The predicted molar refractivity (Wildman–Crippen MR) is 57.0 cm³/mol.